The van der Waals surface area contributed by atoms with Crippen LogP contribution >= 0.6 is 11.6 Å². The van der Waals surface area contributed by atoms with Crippen LogP contribution in [-0.4, -0.2) is 27.9 Å². The number of carboxylic acid groups (broad SMARTS) is 1. The number of anilines is 1. The lowest BCUT2D eigenvalue weighted by molar-refractivity contribution is -0.136. The Hall–Kier alpha value is -2.86. The number of carbonyl (C=O) groups is 2. The fraction of sp³-hybridized carbons (Fsp3) is 0.118. The number of carbonyl (C=O) groups excluding carboxylic acids is 1. The van der Waals surface area contributed by atoms with Gasteiger partial charge in [0.15, 0.2) is 0 Å². The van der Waals surface area contributed by atoms with Crippen molar-refractivity contribution in [3.8, 4) is 0 Å². The Kier molecular flexibility index (Phi) is 5.92. The van der Waals surface area contributed by atoms with E-state index in [1.807, 2.05) is 0 Å². The number of nitrogens with zero attached hydrogens (tertiary/aromatic N) is 1. The SMILES string of the molecule is O=C(O)CCC(=NO)c1ccc(NC(=O)c2ccc(Cl)cc2)cc1. The van der Waals surface area contributed by atoms with E-state index in [0.717, 1.165) is 0 Å². The van der Waals surface area contributed by atoms with E-state index < -0.39 is 5.97 Å². The third-order valence-electron chi connectivity index (χ3n) is 3.28. The molecule has 0 saturated carbocycles. The molecule has 0 spiro atoms. The third kappa shape index (κ3) is 4.82. The zero-order valence-corrected chi connectivity index (χ0v) is 13.3. The summed E-state index contributed by atoms with van der Waals surface area (Å²) in [6.07, 6.45) is -0.0171. The topological polar surface area (TPSA) is 99.0 Å². The fourth-order valence-corrected chi connectivity index (χ4v) is 2.15. The number of benzene rings is 2. The molecule has 124 valence electrons. The molecule has 0 aliphatic rings. The molecule has 2 rings (SSSR count). The zero-order chi connectivity index (χ0) is 17.5. The Morgan fingerprint density at radius 3 is 2.08 bits per heavy atom. The van der Waals surface area contributed by atoms with Gasteiger partial charge in [-0.25, -0.2) is 0 Å². The first-order chi connectivity index (χ1) is 11.5. The Morgan fingerprint density at radius 1 is 0.958 bits per heavy atom. The van der Waals surface area contributed by atoms with E-state index in [2.05, 4.69) is 10.5 Å². The van der Waals surface area contributed by atoms with E-state index in [1.54, 1.807) is 48.5 Å². The first-order valence-corrected chi connectivity index (χ1v) is 7.47. The van der Waals surface area contributed by atoms with Crippen molar-refractivity contribution in [1.29, 1.82) is 0 Å². The Bertz CT molecular complexity index is 755. The molecule has 0 unspecified atom stereocenters. The van der Waals surface area contributed by atoms with Gasteiger partial charge in [0.05, 0.1) is 12.1 Å². The van der Waals surface area contributed by atoms with Gasteiger partial charge >= 0.3 is 5.97 Å². The molecule has 7 heteroatoms. The average Bonchev–Trinajstić information content (AvgIpc) is 2.57. The zero-order valence-electron chi connectivity index (χ0n) is 12.6. The lowest BCUT2D eigenvalue weighted by Gasteiger charge is -2.07. The summed E-state index contributed by atoms with van der Waals surface area (Å²) in [6.45, 7) is 0. The van der Waals surface area contributed by atoms with Crippen molar-refractivity contribution in [3.63, 3.8) is 0 Å². The summed E-state index contributed by atoms with van der Waals surface area (Å²) >= 11 is 5.78. The van der Waals surface area contributed by atoms with Crippen LogP contribution in [0.1, 0.15) is 28.8 Å². The molecule has 0 atom stereocenters. The third-order valence-corrected chi connectivity index (χ3v) is 3.53. The van der Waals surface area contributed by atoms with Crippen molar-refractivity contribution < 1.29 is 19.9 Å². The highest BCUT2D eigenvalue weighted by molar-refractivity contribution is 6.30. The molecular formula is C17H15ClN2O4. The van der Waals surface area contributed by atoms with Crippen molar-refractivity contribution in [2.24, 2.45) is 5.16 Å². The molecule has 0 aliphatic carbocycles. The summed E-state index contributed by atoms with van der Waals surface area (Å²) in [4.78, 5) is 22.7. The van der Waals surface area contributed by atoms with Crippen molar-refractivity contribution in [3.05, 3.63) is 64.7 Å². The normalized spacial score (nSPS) is 11.1. The van der Waals surface area contributed by atoms with E-state index >= 15 is 0 Å². The van der Waals surface area contributed by atoms with Gasteiger partial charge in [-0.05, 0) is 42.0 Å². The minimum atomic E-state index is -0.969. The number of oxime groups is 1. The second kappa shape index (κ2) is 8.12. The molecule has 0 bridgehead atoms. The van der Waals surface area contributed by atoms with Gasteiger partial charge in [-0.1, -0.05) is 28.9 Å². The van der Waals surface area contributed by atoms with Crippen molar-refractivity contribution in [2.75, 3.05) is 5.32 Å². The largest absolute Gasteiger partial charge is 0.481 e. The number of nitrogens with one attached hydrogen (secondary N) is 1. The lowest BCUT2D eigenvalue weighted by Crippen LogP contribution is -2.12. The van der Waals surface area contributed by atoms with Crippen LogP contribution in [-0.2, 0) is 4.79 Å². The fourth-order valence-electron chi connectivity index (χ4n) is 2.03. The van der Waals surface area contributed by atoms with Gasteiger partial charge in [-0.15, -0.1) is 0 Å². The summed E-state index contributed by atoms with van der Waals surface area (Å²) in [7, 11) is 0. The summed E-state index contributed by atoms with van der Waals surface area (Å²) in [5.41, 5.74) is 1.90. The molecule has 1 amide bonds. The van der Waals surface area contributed by atoms with Crippen LogP contribution in [0.4, 0.5) is 5.69 Å². The Balaban J connectivity index is 2.04. The number of carboxylic acids is 1. The molecule has 0 heterocycles. The molecular weight excluding hydrogens is 332 g/mol. The van der Waals surface area contributed by atoms with Crippen LogP contribution < -0.4 is 5.32 Å². The number of hydrogen-bond acceptors (Lipinski definition) is 4. The first kappa shape index (κ1) is 17.5. The molecule has 3 N–H and O–H groups in total. The maximum Gasteiger partial charge on any atom is 0.303 e. The Labute approximate surface area is 143 Å². The van der Waals surface area contributed by atoms with E-state index in [9.17, 15) is 9.59 Å². The monoisotopic (exact) mass is 346 g/mol. The maximum atomic E-state index is 12.1. The molecule has 6 nitrogen and oxygen atoms in total. The first-order valence-electron chi connectivity index (χ1n) is 7.09. The summed E-state index contributed by atoms with van der Waals surface area (Å²) in [5.74, 6) is -1.25. The molecule has 0 fully saturated rings. The van der Waals surface area contributed by atoms with Gasteiger partial charge in [0.25, 0.3) is 5.91 Å². The number of hydrogen-bond donors (Lipinski definition) is 3. The maximum absolute atomic E-state index is 12.1. The highest BCUT2D eigenvalue weighted by Crippen LogP contribution is 2.15. The molecule has 2 aromatic rings. The number of halogens is 1. The van der Waals surface area contributed by atoms with Crippen molar-refractivity contribution in [2.45, 2.75) is 12.8 Å². The van der Waals surface area contributed by atoms with Crippen LogP contribution in [0.15, 0.2) is 53.7 Å². The standard InChI is InChI=1S/C17H15ClN2O4/c18-13-5-1-12(2-6-13)17(23)19-14-7-3-11(4-8-14)15(20-24)9-10-16(21)22/h1-8,24H,9-10H2,(H,19,23)(H,21,22). The predicted molar refractivity (Wildman–Crippen MR) is 91.0 cm³/mol. The second-order valence-electron chi connectivity index (χ2n) is 4.98. The van der Waals surface area contributed by atoms with Gasteiger partial charge < -0.3 is 15.6 Å². The average molecular weight is 347 g/mol. The quantitative estimate of drug-likeness (QED) is 0.422. The van der Waals surface area contributed by atoms with Gasteiger partial charge in [-0.2, -0.15) is 0 Å². The van der Waals surface area contributed by atoms with Crippen LogP contribution in [0.3, 0.4) is 0 Å². The van der Waals surface area contributed by atoms with Crippen LogP contribution in [0, 0.1) is 0 Å². The highest BCUT2D eigenvalue weighted by atomic mass is 35.5. The van der Waals surface area contributed by atoms with Gasteiger partial charge in [-0.3, -0.25) is 9.59 Å². The number of aliphatic carboxylic acids is 1. The smallest absolute Gasteiger partial charge is 0.303 e. The molecule has 0 aromatic heterocycles. The van der Waals surface area contributed by atoms with E-state index in [0.29, 0.717) is 21.8 Å². The van der Waals surface area contributed by atoms with Gasteiger partial charge in [0, 0.05) is 22.7 Å². The van der Waals surface area contributed by atoms with E-state index in [4.69, 9.17) is 21.9 Å². The van der Waals surface area contributed by atoms with E-state index in [1.165, 1.54) is 0 Å². The summed E-state index contributed by atoms with van der Waals surface area (Å²) < 4.78 is 0. The van der Waals surface area contributed by atoms with Crippen molar-refractivity contribution >= 4 is 34.9 Å². The Morgan fingerprint density at radius 2 is 1.54 bits per heavy atom. The van der Waals surface area contributed by atoms with Crippen molar-refractivity contribution in [1.82, 2.24) is 0 Å². The molecule has 0 aliphatic heterocycles. The number of amides is 1. The minimum Gasteiger partial charge on any atom is -0.481 e. The highest BCUT2D eigenvalue weighted by Gasteiger charge is 2.09. The second-order valence-corrected chi connectivity index (χ2v) is 5.42. The van der Waals surface area contributed by atoms with Crippen LogP contribution in [0.25, 0.3) is 0 Å². The number of rotatable bonds is 6. The van der Waals surface area contributed by atoms with Crippen LogP contribution in [0.5, 0.6) is 0 Å². The van der Waals surface area contributed by atoms with Gasteiger partial charge in [0.2, 0.25) is 0 Å². The summed E-state index contributed by atoms with van der Waals surface area (Å²) in [5, 5.41) is 24.1. The molecule has 24 heavy (non-hydrogen) atoms. The molecule has 2 aromatic carbocycles. The minimum absolute atomic E-state index is 0.113. The van der Waals surface area contributed by atoms with Gasteiger partial charge in [0.1, 0.15) is 0 Å². The predicted octanol–water partition coefficient (Wildman–Crippen LogP) is 3.64. The van der Waals surface area contributed by atoms with Crippen LogP contribution in [0.2, 0.25) is 5.02 Å². The van der Waals surface area contributed by atoms with E-state index in [-0.39, 0.29) is 24.5 Å². The molecule has 0 saturated heterocycles. The summed E-state index contributed by atoms with van der Waals surface area (Å²) in [6, 6.07) is 13.1. The lowest BCUT2D eigenvalue weighted by atomic mass is 10.1. The molecule has 0 radical (unpaired) electrons.